The normalized spacial score (nSPS) is 9.89. The summed E-state index contributed by atoms with van der Waals surface area (Å²) in [5.41, 5.74) is 0.207. The number of hydrogen-bond donors (Lipinski definition) is 2. The van der Waals surface area contributed by atoms with Crippen molar-refractivity contribution in [3.8, 4) is 0 Å². The topological polar surface area (TPSA) is 92.7 Å². The number of amides is 1. The number of carbonyl (C=O) groups excluding carboxylic acids is 1. The van der Waals surface area contributed by atoms with Gasteiger partial charge in [-0.05, 0) is 28.1 Å². The lowest BCUT2D eigenvalue weighted by Crippen LogP contribution is -2.15. The summed E-state index contributed by atoms with van der Waals surface area (Å²) in [6.45, 7) is 0. The van der Waals surface area contributed by atoms with E-state index in [4.69, 9.17) is 0 Å². The molecule has 0 fully saturated rings. The fraction of sp³-hybridized carbons (Fsp3) is 0.100. The molecule has 0 aliphatic heterocycles. The zero-order valence-electron chi connectivity index (χ0n) is 9.38. The molecule has 0 saturated heterocycles. The molecule has 0 atom stereocenters. The highest BCUT2D eigenvalue weighted by molar-refractivity contribution is 9.10. The monoisotopic (exact) mass is 308 g/mol. The number of hydrogen-bond acceptors (Lipinski definition) is 6. The minimum absolute atomic E-state index is 0.207. The van der Waals surface area contributed by atoms with Crippen LogP contribution in [0, 0.1) is 0 Å². The highest BCUT2D eigenvalue weighted by atomic mass is 79.9. The molecule has 0 unspecified atom stereocenters. The molecule has 0 aliphatic carbocycles. The number of halogens is 1. The molecular formula is C10H9BrN6O. The Morgan fingerprint density at radius 1 is 1.17 bits per heavy atom. The Kier molecular flexibility index (Phi) is 3.78. The summed E-state index contributed by atoms with van der Waals surface area (Å²) >= 11 is 3.16. The number of rotatable bonds is 3. The first-order valence-electron chi connectivity index (χ1n) is 4.99. The van der Waals surface area contributed by atoms with Crippen LogP contribution in [-0.2, 0) is 0 Å². The van der Waals surface area contributed by atoms with Gasteiger partial charge in [-0.25, -0.2) is 9.97 Å². The second-order valence-corrected chi connectivity index (χ2v) is 4.04. The van der Waals surface area contributed by atoms with Crippen LogP contribution in [0.4, 0.5) is 11.6 Å². The average Bonchev–Trinajstić information content (AvgIpc) is 2.41. The summed E-state index contributed by atoms with van der Waals surface area (Å²) in [4.78, 5) is 19.7. The predicted octanol–water partition coefficient (Wildman–Crippen LogP) is 1.32. The maximum absolute atomic E-state index is 11.8. The third-order valence-electron chi connectivity index (χ3n) is 2.02. The molecule has 0 radical (unpaired) electrons. The van der Waals surface area contributed by atoms with Crippen molar-refractivity contribution >= 4 is 33.5 Å². The molecule has 0 aromatic carbocycles. The summed E-state index contributed by atoms with van der Waals surface area (Å²) in [5.74, 6) is 0.555. The third kappa shape index (κ3) is 2.98. The minimum atomic E-state index is -0.387. The van der Waals surface area contributed by atoms with Gasteiger partial charge in [-0.3, -0.25) is 4.79 Å². The van der Waals surface area contributed by atoms with Crippen LogP contribution < -0.4 is 10.6 Å². The molecule has 2 heterocycles. The summed E-state index contributed by atoms with van der Waals surface area (Å²) in [5, 5.41) is 13.0. The van der Waals surface area contributed by atoms with E-state index < -0.39 is 0 Å². The Morgan fingerprint density at radius 3 is 2.56 bits per heavy atom. The lowest BCUT2D eigenvalue weighted by molar-refractivity contribution is 0.102. The maximum Gasteiger partial charge on any atom is 0.277 e. The van der Waals surface area contributed by atoms with Crippen LogP contribution in [0.2, 0.25) is 0 Å². The van der Waals surface area contributed by atoms with E-state index in [1.54, 1.807) is 19.2 Å². The molecule has 2 rings (SSSR count). The molecule has 0 bridgehead atoms. The van der Waals surface area contributed by atoms with E-state index in [1.807, 2.05) is 0 Å². The van der Waals surface area contributed by atoms with Crippen LogP contribution in [0.15, 0.2) is 29.1 Å². The Bertz CT molecular complexity index is 541. The second-order valence-electron chi connectivity index (χ2n) is 3.23. The van der Waals surface area contributed by atoms with E-state index in [0.717, 1.165) is 0 Å². The molecule has 18 heavy (non-hydrogen) atoms. The Balaban J connectivity index is 2.09. The van der Waals surface area contributed by atoms with Crippen molar-refractivity contribution in [1.82, 2.24) is 20.2 Å². The van der Waals surface area contributed by atoms with Crippen LogP contribution in [0.5, 0.6) is 0 Å². The van der Waals surface area contributed by atoms with Gasteiger partial charge in [-0.1, -0.05) is 0 Å². The molecule has 92 valence electrons. The van der Waals surface area contributed by atoms with Crippen LogP contribution in [-0.4, -0.2) is 33.1 Å². The standard InChI is InChI=1S/C10H9BrN6O/c1-12-8-3-2-6(16-17-8)10(18)15-9-5-13-7(11)4-14-9/h2-5H,1H3,(H,12,17)(H,14,15,18). The fourth-order valence-electron chi connectivity index (χ4n) is 1.14. The zero-order valence-corrected chi connectivity index (χ0v) is 11.0. The Labute approximate surface area is 111 Å². The number of nitrogens with one attached hydrogen (secondary N) is 2. The van der Waals surface area contributed by atoms with Gasteiger partial charge in [0.25, 0.3) is 5.91 Å². The van der Waals surface area contributed by atoms with Crippen molar-refractivity contribution in [3.63, 3.8) is 0 Å². The van der Waals surface area contributed by atoms with Crippen LogP contribution in [0.25, 0.3) is 0 Å². The highest BCUT2D eigenvalue weighted by Gasteiger charge is 2.09. The average molecular weight is 309 g/mol. The summed E-state index contributed by atoms with van der Waals surface area (Å²) in [6, 6.07) is 3.23. The van der Waals surface area contributed by atoms with Gasteiger partial charge in [0.05, 0.1) is 12.4 Å². The summed E-state index contributed by atoms with van der Waals surface area (Å²) in [6.07, 6.45) is 2.93. The van der Waals surface area contributed by atoms with E-state index in [2.05, 4.69) is 46.7 Å². The molecule has 7 nitrogen and oxygen atoms in total. The van der Waals surface area contributed by atoms with Crippen molar-refractivity contribution in [3.05, 3.63) is 34.8 Å². The van der Waals surface area contributed by atoms with Gasteiger partial charge in [0.1, 0.15) is 10.4 Å². The number of nitrogens with zero attached hydrogens (tertiary/aromatic N) is 4. The lowest BCUT2D eigenvalue weighted by Gasteiger charge is -2.03. The summed E-state index contributed by atoms with van der Waals surface area (Å²) in [7, 11) is 1.72. The van der Waals surface area contributed by atoms with Crippen molar-refractivity contribution in [2.75, 3.05) is 17.7 Å². The first-order valence-corrected chi connectivity index (χ1v) is 5.78. The molecule has 1 amide bonds. The fourth-order valence-corrected chi connectivity index (χ4v) is 1.35. The first kappa shape index (κ1) is 12.4. The number of carbonyl (C=O) groups is 1. The second kappa shape index (κ2) is 5.50. The Hall–Kier alpha value is -2.09. The predicted molar refractivity (Wildman–Crippen MR) is 69.3 cm³/mol. The SMILES string of the molecule is CNc1ccc(C(=O)Nc2cnc(Br)cn2)nn1. The zero-order chi connectivity index (χ0) is 13.0. The molecule has 8 heteroatoms. The van der Waals surface area contributed by atoms with Crippen molar-refractivity contribution < 1.29 is 4.79 Å². The Morgan fingerprint density at radius 2 is 2.00 bits per heavy atom. The molecule has 2 aromatic rings. The van der Waals surface area contributed by atoms with E-state index in [0.29, 0.717) is 16.2 Å². The molecule has 2 N–H and O–H groups in total. The van der Waals surface area contributed by atoms with Gasteiger partial charge in [-0.2, -0.15) is 0 Å². The number of anilines is 2. The van der Waals surface area contributed by atoms with Crippen LogP contribution in [0.3, 0.4) is 0 Å². The lowest BCUT2D eigenvalue weighted by atomic mass is 10.3. The minimum Gasteiger partial charge on any atom is -0.372 e. The van der Waals surface area contributed by atoms with Gasteiger partial charge in [-0.15, -0.1) is 10.2 Å². The van der Waals surface area contributed by atoms with Gasteiger partial charge < -0.3 is 10.6 Å². The maximum atomic E-state index is 11.8. The third-order valence-corrected chi connectivity index (χ3v) is 2.42. The first-order chi connectivity index (χ1) is 8.69. The van der Waals surface area contributed by atoms with Crippen LogP contribution in [0.1, 0.15) is 10.5 Å². The largest absolute Gasteiger partial charge is 0.372 e. The molecular weight excluding hydrogens is 300 g/mol. The number of aromatic nitrogens is 4. The smallest absolute Gasteiger partial charge is 0.277 e. The van der Waals surface area contributed by atoms with Crippen LogP contribution >= 0.6 is 15.9 Å². The van der Waals surface area contributed by atoms with E-state index in [1.165, 1.54) is 12.4 Å². The van der Waals surface area contributed by atoms with Gasteiger partial charge >= 0.3 is 0 Å². The van der Waals surface area contributed by atoms with E-state index >= 15 is 0 Å². The van der Waals surface area contributed by atoms with Crippen molar-refractivity contribution in [2.24, 2.45) is 0 Å². The van der Waals surface area contributed by atoms with Crippen molar-refractivity contribution in [2.45, 2.75) is 0 Å². The molecule has 0 spiro atoms. The molecule has 2 aromatic heterocycles. The van der Waals surface area contributed by atoms with Gasteiger partial charge in [0.15, 0.2) is 11.5 Å². The quantitative estimate of drug-likeness (QED) is 0.888. The summed E-state index contributed by atoms with van der Waals surface area (Å²) < 4.78 is 0.596. The van der Waals surface area contributed by atoms with Gasteiger partial charge in [0, 0.05) is 7.05 Å². The van der Waals surface area contributed by atoms with E-state index in [9.17, 15) is 4.79 Å². The van der Waals surface area contributed by atoms with Gasteiger partial charge in [0.2, 0.25) is 0 Å². The molecule has 0 aliphatic rings. The van der Waals surface area contributed by atoms with Crippen molar-refractivity contribution in [1.29, 1.82) is 0 Å². The molecule has 0 saturated carbocycles. The highest BCUT2D eigenvalue weighted by Crippen LogP contribution is 2.08. The van der Waals surface area contributed by atoms with E-state index in [-0.39, 0.29) is 11.6 Å².